The van der Waals surface area contributed by atoms with Crippen molar-refractivity contribution in [1.29, 1.82) is 0 Å². The highest BCUT2D eigenvalue weighted by Gasteiger charge is 2.34. The molecule has 1 amide bonds. The first kappa shape index (κ1) is 24.8. The van der Waals surface area contributed by atoms with Gasteiger partial charge in [0, 0.05) is 62.3 Å². The zero-order valence-corrected chi connectivity index (χ0v) is 19.5. The molecule has 0 aliphatic carbocycles. The first-order chi connectivity index (χ1) is 16.7. The van der Waals surface area contributed by atoms with Crippen molar-refractivity contribution >= 4 is 11.6 Å². The molecule has 1 fully saturated rings. The molecule has 3 aromatic rings. The van der Waals surface area contributed by atoms with Gasteiger partial charge in [-0.1, -0.05) is 18.2 Å². The predicted molar refractivity (Wildman–Crippen MR) is 130 cm³/mol. The summed E-state index contributed by atoms with van der Waals surface area (Å²) >= 11 is 0. The molecule has 2 heterocycles. The lowest BCUT2D eigenvalue weighted by Gasteiger charge is -2.28. The van der Waals surface area contributed by atoms with Gasteiger partial charge in [-0.15, -0.1) is 0 Å². The van der Waals surface area contributed by atoms with Crippen molar-refractivity contribution in [3.05, 3.63) is 82.7 Å². The summed E-state index contributed by atoms with van der Waals surface area (Å²) in [4.78, 5) is 19.2. The van der Waals surface area contributed by atoms with Gasteiger partial charge < -0.3 is 16.4 Å². The van der Waals surface area contributed by atoms with Crippen LogP contribution in [0.4, 0.5) is 18.9 Å². The van der Waals surface area contributed by atoms with Crippen LogP contribution in [0.2, 0.25) is 0 Å². The van der Waals surface area contributed by atoms with Gasteiger partial charge in [0.25, 0.3) is 5.91 Å². The van der Waals surface area contributed by atoms with Crippen LogP contribution in [-0.4, -0.2) is 42.0 Å². The number of halogens is 3. The number of nitrogens with two attached hydrogens (primary N) is 1. The standard InChI is InChI=1S/C26H28F3N5O/c1-17-2-3-18(12-23(17)19-4-7-22(14-30)32-15-19)25(35)33-21-6-5-20(24(13-21)26(27,28)29)16-34-10-8-31-9-11-34/h2-7,12-13,15,31H,8-11,14,16,30H2,1H3,(H,33,35). The lowest BCUT2D eigenvalue weighted by molar-refractivity contribution is -0.138. The van der Waals surface area contributed by atoms with Crippen LogP contribution in [0.15, 0.2) is 54.7 Å². The van der Waals surface area contributed by atoms with Crippen molar-refractivity contribution in [1.82, 2.24) is 15.2 Å². The molecule has 184 valence electrons. The van der Waals surface area contributed by atoms with Crippen LogP contribution in [0.3, 0.4) is 0 Å². The van der Waals surface area contributed by atoms with Gasteiger partial charge in [0.15, 0.2) is 0 Å². The highest BCUT2D eigenvalue weighted by Crippen LogP contribution is 2.35. The van der Waals surface area contributed by atoms with Gasteiger partial charge in [0.2, 0.25) is 0 Å². The van der Waals surface area contributed by atoms with Crippen molar-refractivity contribution in [2.75, 3.05) is 31.5 Å². The highest BCUT2D eigenvalue weighted by atomic mass is 19.4. The minimum atomic E-state index is -4.52. The molecule has 4 rings (SSSR count). The summed E-state index contributed by atoms with van der Waals surface area (Å²) in [5, 5.41) is 5.82. The molecule has 0 saturated carbocycles. The van der Waals surface area contributed by atoms with Gasteiger partial charge in [-0.25, -0.2) is 0 Å². The number of piperazine rings is 1. The third-order valence-electron chi connectivity index (χ3n) is 6.12. The fourth-order valence-corrected chi connectivity index (χ4v) is 4.15. The average Bonchev–Trinajstić information content (AvgIpc) is 2.85. The summed E-state index contributed by atoms with van der Waals surface area (Å²) in [6.45, 7) is 5.34. The number of nitrogens with one attached hydrogen (secondary N) is 2. The van der Waals surface area contributed by atoms with Gasteiger partial charge >= 0.3 is 6.18 Å². The minimum absolute atomic E-state index is 0.0995. The van der Waals surface area contributed by atoms with Crippen LogP contribution in [0.5, 0.6) is 0 Å². The predicted octanol–water partition coefficient (Wildman–Crippen LogP) is 4.19. The molecular weight excluding hydrogens is 455 g/mol. The van der Waals surface area contributed by atoms with E-state index in [1.807, 2.05) is 24.0 Å². The van der Waals surface area contributed by atoms with E-state index in [1.165, 1.54) is 12.1 Å². The zero-order chi connectivity index (χ0) is 25.0. The first-order valence-corrected chi connectivity index (χ1v) is 11.4. The molecule has 2 aromatic carbocycles. The van der Waals surface area contributed by atoms with E-state index in [4.69, 9.17) is 5.73 Å². The van der Waals surface area contributed by atoms with Crippen LogP contribution < -0.4 is 16.4 Å². The largest absolute Gasteiger partial charge is 0.416 e. The van der Waals surface area contributed by atoms with E-state index in [1.54, 1.807) is 24.4 Å². The van der Waals surface area contributed by atoms with E-state index >= 15 is 0 Å². The number of hydrogen-bond donors (Lipinski definition) is 3. The number of carbonyl (C=O) groups excluding carboxylic acids is 1. The molecule has 0 spiro atoms. The van der Waals surface area contributed by atoms with Gasteiger partial charge in [-0.3, -0.25) is 14.7 Å². The van der Waals surface area contributed by atoms with Gasteiger partial charge in [0.1, 0.15) is 0 Å². The van der Waals surface area contributed by atoms with Crippen LogP contribution in [-0.2, 0) is 19.3 Å². The number of aromatic nitrogens is 1. The Bertz CT molecular complexity index is 1190. The normalized spacial score (nSPS) is 14.7. The third-order valence-corrected chi connectivity index (χ3v) is 6.12. The van der Waals surface area contributed by atoms with E-state index in [-0.39, 0.29) is 17.8 Å². The van der Waals surface area contributed by atoms with Gasteiger partial charge in [0.05, 0.1) is 11.3 Å². The number of nitrogens with zero attached hydrogens (tertiary/aromatic N) is 2. The number of hydrogen-bond acceptors (Lipinski definition) is 5. The monoisotopic (exact) mass is 483 g/mol. The summed E-state index contributed by atoms with van der Waals surface area (Å²) in [5.41, 5.74) is 8.85. The van der Waals surface area contributed by atoms with E-state index < -0.39 is 17.6 Å². The van der Waals surface area contributed by atoms with Crippen molar-refractivity contribution in [3.8, 4) is 11.1 Å². The summed E-state index contributed by atoms with van der Waals surface area (Å²) in [6, 6.07) is 12.9. The Labute approximate surface area is 202 Å². The molecule has 6 nitrogen and oxygen atoms in total. The van der Waals surface area contributed by atoms with Crippen LogP contribution >= 0.6 is 0 Å². The van der Waals surface area contributed by atoms with E-state index in [0.717, 1.165) is 41.5 Å². The SMILES string of the molecule is Cc1ccc(C(=O)Nc2ccc(CN3CCNCC3)c(C(F)(F)F)c2)cc1-c1ccc(CN)nc1. The Balaban J connectivity index is 1.56. The second kappa shape index (κ2) is 10.6. The topological polar surface area (TPSA) is 83.3 Å². The number of anilines is 1. The summed E-state index contributed by atoms with van der Waals surface area (Å²) in [7, 11) is 0. The molecule has 35 heavy (non-hydrogen) atoms. The third kappa shape index (κ3) is 6.05. The maximum absolute atomic E-state index is 13.8. The molecule has 1 aromatic heterocycles. The van der Waals surface area contributed by atoms with E-state index in [9.17, 15) is 18.0 Å². The molecule has 0 unspecified atom stereocenters. The van der Waals surface area contributed by atoms with Crippen LogP contribution in [0.25, 0.3) is 11.1 Å². The van der Waals surface area contributed by atoms with Crippen LogP contribution in [0, 0.1) is 6.92 Å². The second-order valence-corrected chi connectivity index (χ2v) is 8.62. The minimum Gasteiger partial charge on any atom is -0.325 e. The molecule has 1 aliphatic rings. The Morgan fingerprint density at radius 3 is 2.54 bits per heavy atom. The lowest BCUT2D eigenvalue weighted by atomic mass is 9.98. The number of amides is 1. The Morgan fingerprint density at radius 2 is 1.89 bits per heavy atom. The van der Waals surface area contributed by atoms with Crippen molar-refractivity contribution in [2.45, 2.75) is 26.2 Å². The molecule has 1 aliphatic heterocycles. The quantitative estimate of drug-likeness (QED) is 0.490. The Morgan fingerprint density at radius 1 is 1.11 bits per heavy atom. The second-order valence-electron chi connectivity index (χ2n) is 8.62. The summed E-state index contributed by atoms with van der Waals surface area (Å²) < 4.78 is 41.5. The number of aryl methyl sites for hydroxylation is 1. The number of carbonyl (C=O) groups is 1. The fourth-order valence-electron chi connectivity index (χ4n) is 4.15. The van der Waals surface area contributed by atoms with Crippen molar-refractivity contribution < 1.29 is 18.0 Å². The fraction of sp³-hybridized carbons (Fsp3) is 0.308. The molecule has 1 saturated heterocycles. The maximum atomic E-state index is 13.8. The Hall–Kier alpha value is -3.27. The summed E-state index contributed by atoms with van der Waals surface area (Å²) in [5.74, 6) is -0.485. The van der Waals surface area contributed by atoms with Crippen molar-refractivity contribution in [2.24, 2.45) is 5.73 Å². The lowest BCUT2D eigenvalue weighted by Crippen LogP contribution is -2.43. The molecule has 9 heteroatoms. The smallest absolute Gasteiger partial charge is 0.325 e. The molecule has 0 radical (unpaired) electrons. The van der Waals surface area contributed by atoms with E-state index in [2.05, 4.69) is 15.6 Å². The first-order valence-electron chi connectivity index (χ1n) is 11.4. The molecule has 4 N–H and O–H groups in total. The zero-order valence-electron chi connectivity index (χ0n) is 19.5. The number of pyridine rings is 1. The number of rotatable bonds is 6. The van der Waals surface area contributed by atoms with Gasteiger partial charge in [-0.2, -0.15) is 13.2 Å². The maximum Gasteiger partial charge on any atom is 0.416 e. The van der Waals surface area contributed by atoms with Gasteiger partial charge in [-0.05, 0) is 53.9 Å². The van der Waals surface area contributed by atoms with Crippen LogP contribution in [0.1, 0.15) is 32.7 Å². The Kier molecular flexibility index (Phi) is 7.49. The molecular formula is C26H28F3N5O. The number of benzene rings is 2. The number of alkyl halides is 3. The average molecular weight is 484 g/mol. The highest BCUT2D eigenvalue weighted by molar-refractivity contribution is 6.05. The van der Waals surface area contributed by atoms with Crippen molar-refractivity contribution in [3.63, 3.8) is 0 Å². The molecule has 0 atom stereocenters. The molecule has 0 bridgehead atoms. The van der Waals surface area contributed by atoms with E-state index in [0.29, 0.717) is 25.2 Å². The summed E-state index contributed by atoms with van der Waals surface area (Å²) in [6.07, 6.45) is -2.83.